The Kier molecular flexibility index (Phi) is 6.66. The zero-order valence-electron chi connectivity index (χ0n) is 23.5. The molecule has 1 spiro atoms. The average molecular weight is 523 g/mol. The molecule has 1 atom stereocenters. The van der Waals surface area contributed by atoms with E-state index in [1.54, 1.807) is 12.4 Å². The van der Waals surface area contributed by atoms with Crippen LogP contribution in [0.3, 0.4) is 0 Å². The molecule has 202 valence electrons. The molecule has 0 bridgehead atoms. The summed E-state index contributed by atoms with van der Waals surface area (Å²) < 4.78 is 13.3. The third-order valence-electron chi connectivity index (χ3n) is 8.59. The maximum atomic E-state index is 7.07. The lowest BCUT2D eigenvalue weighted by molar-refractivity contribution is 0.0843. The lowest BCUT2D eigenvalue weighted by Crippen LogP contribution is -2.61. The molecule has 0 aliphatic carbocycles. The minimum Gasteiger partial charge on any atom is -0.494 e. The summed E-state index contributed by atoms with van der Waals surface area (Å²) in [6.45, 7) is 7.47. The van der Waals surface area contributed by atoms with Crippen LogP contribution in [0.2, 0.25) is 0 Å². The maximum absolute atomic E-state index is 7.07. The second-order valence-corrected chi connectivity index (χ2v) is 11.4. The molecule has 6 heteroatoms. The number of benzene rings is 2. The number of pyridine rings is 2. The Hall–Kier alpha value is -3.67. The summed E-state index contributed by atoms with van der Waals surface area (Å²) in [7, 11) is 2.09. The van der Waals surface area contributed by atoms with E-state index in [2.05, 4.69) is 67.0 Å². The van der Waals surface area contributed by atoms with Gasteiger partial charge in [0.1, 0.15) is 17.0 Å². The molecule has 2 aromatic heterocycles. The molecule has 4 heterocycles. The Labute approximate surface area is 231 Å². The first-order chi connectivity index (χ1) is 19.0. The van der Waals surface area contributed by atoms with Crippen molar-refractivity contribution in [1.82, 2.24) is 9.97 Å². The van der Waals surface area contributed by atoms with Gasteiger partial charge in [-0.25, -0.2) is 0 Å². The summed E-state index contributed by atoms with van der Waals surface area (Å²) >= 11 is 0. The van der Waals surface area contributed by atoms with Crippen LogP contribution in [0.4, 0.5) is 11.4 Å². The molecular weight excluding hydrogens is 484 g/mol. The molecule has 0 N–H and O–H groups in total. The van der Waals surface area contributed by atoms with Crippen molar-refractivity contribution in [2.24, 2.45) is 4.99 Å². The number of nitrogens with zero attached hydrogens (tertiary/aromatic N) is 4. The van der Waals surface area contributed by atoms with Crippen molar-refractivity contribution in [3.63, 3.8) is 0 Å². The first kappa shape index (κ1) is 25.6. The average Bonchev–Trinajstić information content (AvgIpc) is 3.12. The quantitative estimate of drug-likeness (QED) is 0.164. The molecule has 2 aromatic carbocycles. The van der Waals surface area contributed by atoms with E-state index in [1.165, 1.54) is 44.1 Å². The second-order valence-electron chi connectivity index (χ2n) is 11.4. The third kappa shape index (κ3) is 4.12. The number of anilines is 1. The van der Waals surface area contributed by atoms with E-state index in [-0.39, 0.29) is 0 Å². The van der Waals surface area contributed by atoms with Gasteiger partial charge < -0.3 is 14.4 Å². The van der Waals surface area contributed by atoms with Gasteiger partial charge in [0.25, 0.3) is 0 Å². The number of aliphatic imine (C=N–C) groups is 1. The topological polar surface area (TPSA) is 59.8 Å². The van der Waals surface area contributed by atoms with Gasteiger partial charge >= 0.3 is 0 Å². The van der Waals surface area contributed by atoms with Gasteiger partial charge in [-0.1, -0.05) is 45.4 Å². The van der Waals surface area contributed by atoms with Crippen molar-refractivity contribution in [1.29, 1.82) is 0 Å². The fourth-order valence-electron chi connectivity index (χ4n) is 6.26. The summed E-state index contributed by atoms with van der Waals surface area (Å²) in [5.41, 5.74) is 3.62. The number of aromatic nitrogens is 2. The number of likely N-dealkylation sites (N-methyl/N-ethyl adjacent to an activating group) is 1. The van der Waals surface area contributed by atoms with Crippen molar-refractivity contribution in [2.75, 3.05) is 18.6 Å². The standard InChI is InChI=1S/C33H38N4O2/c1-5-6-7-8-9-10-11-20-38-23-16-17-27-26(21-23)32(2,3)33(37(27)4)22-36-30-24-14-12-18-34-28(24)29-25(31(30)39-33)15-13-19-35-29/h12-19,21-22H,5-11,20H2,1-4H3. The minimum absolute atomic E-state index is 0.394. The number of ether oxygens (including phenoxy) is 2. The van der Waals surface area contributed by atoms with E-state index in [0.717, 1.165) is 57.7 Å². The largest absolute Gasteiger partial charge is 0.494 e. The van der Waals surface area contributed by atoms with Gasteiger partial charge in [-0.15, -0.1) is 0 Å². The second kappa shape index (κ2) is 10.1. The van der Waals surface area contributed by atoms with Crippen LogP contribution in [-0.4, -0.2) is 35.6 Å². The van der Waals surface area contributed by atoms with Gasteiger partial charge in [-0.05, 0) is 68.3 Å². The predicted octanol–water partition coefficient (Wildman–Crippen LogP) is 8.13. The summed E-state index contributed by atoms with van der Waals surface area (Å²) in [6.07, 6.45) is 14.5. The molecule has 2 aliphatic heterocycles. The predicted molar refractivity (Wildman–Crippen MR) is 160 cm³/mol. The molecule has 0 saturated heterocycles. The van der Waals surface area contributed by atoms with E-state index in [4.69, 9.17) is 14.5 Å². The third-order valence-corrected chi connectivity index (χ3v) is 8.59. The fourth-order valence-corrected chi connectivity index (χ4v) is 6.26. The summed E-state index contributed by atoms with van der Waals surface area (Å²) in [4.78, 5) is 16.6. The zero-order chi connectivity index (χ0) is 27.0. The molecule has 39 heavy (non-hydrogen) atoms. The van der Waals surface area contributed by atoms with Crippen LogP contribution < -0.4 is 14.4 Å². The Morgan fingerprint density at radius 2 is 1.56 bits per heavy atom. The molecule has 6 nitrogen and oxygen atoms in total. The van der Waals surface area contributed by atoms with Gasteiger partial charge in [-0.2, -0.15) is 0 Å². The van der Waals surface area contributed by atoms with Crippen LogP contribution in [0.15, 0.2) is 59.9 Å². The van der Waals surface area contributed by atoms with Crippen molar-refractivity contribution in [3.05, 3.63) is 60.4 Å². The Morgan fingerprint density at radius 1 is 0.872 bits per heavy atom. The monoisotopic (exact) mass is 522 g/mol. The van der Waals surface area contributed by atoms with Crippen molar-refractivity contribution in [2.45, 2.75) is 76.9 Å². The minimum atomic E-state index is -0.794. The normalized spacial score (nSPS) is 18.9. The molecule has 0 saturated carbocycles. The number of fused-ring (bicyclic) bond motifs is 7. The summed E-state index contributed by atoms with van der Waals surface area (Å²) in [5, 5.41) is 1.87. The molecule has 0 fully saturated rings. The molecule has 4 aromatic rings. The number of hydrogen-bond acceptors (Lipinski definition) is 6. The van der Waals surface area contributed by atoms with Crippen molar-refractivity contribution in [3.8, 4) is 11.5 Å². The molecule has 2 aliphatic rings. The number of unbranched alkanes of at least 4 members (excludes halogenated alkanes) is 6. The van der Waals surface area contributed by atoms with Crippen molar-refractivity contribution < 1.29 is 9.47 Å². The highest BCUT2D eigenvalue weighted by Gasteiger charge is 2.59. The Morgan fingerprint density at radius 3 is 2.33 bits per heavy atom. The summed E-state index contributed by atoms with van der Waals surface area (Å²) in [6, 6.07) is 14.4. The molecule has 0 amide bonds. The van der Waals surface area contributed by atoms with Gasteiger partial charge in [-0.3, -0.25) is 15.0 Å². The molecule has 0 radical (unpaired) electrons. The molecule has 6 rings (SSSR count). The lowest BCUT2D eigenvalue weighted by atomic mass is 9.77. The SMILES string of the molecule is CCCCCCCCCOc1ccc2c(c1)C(C)(C)C1(C=Nc3c(c4cccnc4c4ncccc34)O1)N2C. The Bertz CT molecular complexity index is 1550. The first-order valence-corrected chi connectivity index (χ1v) is 14.4. The zero-order valence-corrected chi connectivity index (χ0v) is 23.5. The van der Waals surface area contributed by atoms with Crippen LogP contribution >= 0.6 is 0 Å². The van der Waals surface area contributed by atoms with Crippen LogP contribution in [-0.2, 0) is 5.41 Å². The molecular formula is C33H38N4O2. The summed E-state index contributed by atoms with van der Waals surface area (Å²) in [5.74, 6) is 1.67. The lowest BCUT2D eigenvalue weighted by Gasteiger charge is -2.45. The van der Waals surface area contributed by atoms with E-state index in [1.807, 2.05) is 24.4 Å². The fraction of sp³-hybridized carbons (Fsp3) is 0.424. The highest BCUT2D eigenvalue weighted by molar-refractivity contribution is 6.14. The smallest absolute Gasteiger partial charge is 0.228 e. The maximum Gasteiger partial charge on any atom is 0.228 e. The number of hydrogen-bond donors (Lipinski definition) is 0. The van der Waals surface area contributed by atoms with Crippen LogP contribution in [0.25, 0.3) is 21.8 Å². The van der Waals surface area contributed by atoms with Crippen LogP contribution in [0.5, 0.6) is 11.5 Å². The van der Waals surface area contributed by atoms with E-state index < -0.39 is 11.1 Å². The van der Waals surface area contributed by atoms with Gasteiger partial charge in [0.05, 0.1) is 23.8 Å². The highest BCUT2D eigenvalue weighted by Crippen LogP contribution is 2.56. The molecule has 1 unspecified atom stereocenters. The van der Waals surface area contributed by atoms with Crippen LogP contribution in [0.1, 0.15) is 71.3 Å². The highest BCUT2D eigenvalue weighted by atomic mass is 16.5. The van der Waals surface area contributed by atoms with E-state index >= 15 is 0 Å². The van der Waals surface area contributed by atoms with Gasteiger partial charge in [0, 0.05) is 35.9 Å². The van der Waals surface area contributed by atoms with E-state index in [9.17, 15) is 0 Å². The Balaban J connectivity index is 1.28. The van der Waals surface area contributed by atoms with E-state index in [0.29, 0.717) is 0 Å². The van der Waals surface area contributed by atoms with Gasteiger partial charge in [0.2, 0.25) is 5.72 Å². The van der Waals surface area contributed by atoms with Crippen LogP contribution in [0, 0.1) is 0 Å². The van der Waals surface area contributed by atoms with Gasteiger partial charge in [0.15, 0.2) is 5.75 Å². The van der Waals surface area contributed by atoms with Crippen molar-refractivity contribution >= 4 is 39.4 Å². The number of rotatable bonds is 9. The first-order valence-electron chi connectivity index (χ1n) is 14.4.